The third-order valence-electron chi connectivity index (χ3n) is 3.80. The van der Waals surface area contributed by atoms with Gasteiger partial charge in [0.1, 0.15) is 14.2 Å². The van der Waals surface area contributed by atoms with E-state index in [1.54, 1.807) is 33.5 Å². The number of methoxy groups -OCH3 is 3. The van der Waals surface area contributed by atoms with Gasteiger partial charge >= 0.3 is 0 Å². The summed E-state index contributed by atoms with van der Waals surface area (Å²) in [5.74, 6) is 2.40. The molecular formula is C18H20BN5O3. The second kappa shape index (κ2) is 8.26. The molecule has 27 heavy (non-hydrogen) atoms. The number of anilines is 4. The van der Waals surface area contributed by atoms with Gasteiger partial charge in [-0.25, -0.2) is 9.97 Å². The largest absolute Gasteiger partial charge is 0.493 e. The molecule has 9 heteroatoms. The highest BCUT2D eigenvalue weighted by Gasteiger charge is 2.14. The van der Waals surface area contributed by atoms with Gasteiger partial charge in [0.25, 0.3) is 0 Å². The molecule has 3 aromatic rings. The third-order valence-corrected chi connectivity index (χ3v) is 3.80. The number of hydrogen-bond acceptors (Lipinski definition) is 8. The number of ether oxygens (including phenoxy) is 3. The summed E-state index contributed by atoms with van der Waals surface area (Å²) < 4.78 is 16.0. The fourth-order valence-electron chi connectivity index (χ4n) is 2.47. The first-order valence-electron chi connectivity index (χ1n) is 8.22. The Kier molecular flexibility index (Phi) is 5.60. The number of benzene rings is 2. The van der Waals surface area contributed by atoms with E-state index < -0.39 is 0 Å². The second-order valence-electron chi connectivity index (χ2n) is 5.66. The van der Waals surface area contributed by atoms with Crippen LogP contribution >= 0.6 is 0 Å². The van der Waals surface area contributed by atoms with Crippen LogP contribution in [-0.4, -0.2) is 44.1 Å². The van der Waals surface area contributed by atoms with Crippen molar-refractivity contribution in [1.82, 2.24) is 15.0 Å². The summed E-state index contributed by atoms with van der Waals surface area (Å²) in [5, 5.41) is 6.27. The molecular weight excluding hydrogens is 345 g/mol. The maximum Gasteiger partial charge on any atom is 0.232 e. The van der Waals surface area contributed by atoms with Crippen molar-refractivity contribution >= 4 is 36.6 Å². The first kappa shape index (κ1) is 18.3. The Morgan fingerprint density at radius 1 is 0.778 bits per heavy atom. The van der Waals surface area contributed by atoms with Gasteiger partial charge in [0.2, 0.25) is 17.6 Å². The molecule has 8 nitrogen and oxygen atoms in total. The van der Waals surface area contributed by atoms with Gasteiger partial charge in [0.15, 0.2) is 11.5 Å². The molecule has 0 saturated heterocycles. The Balaban J connectivity index is 1.82. The standard InChI is InChI=1S/C18H20BN5O3/c1-25-14-8-13(9-15(26-2)16(14)27-3)23-18-21-10-20-17(24-18)22-12-6-4-11(19)5-7-12/h4-10H,19H2,1-3H3,(H2,20,21,22,23,24). The minimum absolute atomic E-state index is 0.383. The van der Waals surface area contributed by atoms with Crippen molar-refractivity contribution in [3.63, 3.8) is 0 Å². The fraction of sp³-hybridized carbons (Fsp3) is 0.167. The van der Waals surface area contributed by atoms with Gasteiger partial charge in [0, 0.05) is 23.5 Å². The van der Waals surface area contributed by atoms with E-state index in [4.69, 9.17) is 14.2 Å². The highest BCUT2D eigenvalue weighted by molar-refractivity contribution is 6.32. The zero-order valence-corrected chi connectivity index (χ0v) is 15.6. The summed E-state index contributed by atoms with van der Waals surface area (Å²) in [7, 11) is 6.72. The van der Waals surface area contributed by atoms with Crippen molar-refractivity contribution in [3.8, 4) is 17.2 Å². The lowest BCUT2D eigenvalue weighted by Crippen LogP contribution is -2.05. The topological polar surface area (TPSA) is 90.4 Å². The molecule has 0 saturated carbocycles. The summed E-state index contributed by atoms with van der Waals surface area (Å²) in [5.41, 5.74) is 2.77. The van der Waals surface area contributed by atoms with Crippen LogP contribution in [0.15, 0.2) is 42.7 Å². The maximum absolute atomic E-state index is 5.36. The summed E-state index contributed by atoms with van der Waals surface area (Å²) in [6.45, 7) is 0. The van der Waals surface area contributed by atoms with Crippen LogP contribution in [0.3, 0.4) is 0 Å². The SMILES string of the molecule is Bc1ccc(Nc2ncnc(Nc3cc(OC)c(OC)c(OC)c3)n2)cc1. The highest BCUT2D eigenvalue weighted by Crippen LogP contribution is 2.40. The third kappa shape index (κ3) is 4.38. The number of rotatable bonds is 7. The van der Waals surface area contributed by atoms with Crippen molar-refractivity contribution in [3.05, 3.63) is 42.7 Å². The lowest BCUT2D eigenvalue weighted by molar-refractivity contribution is 0.324. The molecule has 3 rings (SSSR count). The van der Waals surface area contributed by atoms with E-state index in [0.717, 1.165) is 5.69 Å². The van der Waals surface area contributed by atoms with E-state index >= 15 is 0 Å². The average Bonchev–Trinajstić information content (AvgIpc) is 2.69. The molecule has 0 fully saturated rings. The molecule has 0 radical (unpaired) electrons. The van der Waals surface area contributed by atoms with E-state index in [-0.39, 0.29) is 0 Å². The second-order valence-corrected chi connectivity index (χ2v) is 5.66. The van der Waals surface area contributed by atoms with Gasteiger partial charge in [-0.05, 0) is 12.1 Å². The predicted molar refractivity (Wildman–Crippen MR) is 107 cm³/mol. The van der Waals surface area contributed by atoms with Crippen LogP contribution in [0.1, 0.15) is 0 Å². The molecule has 138 valence electrons. The molecule has 0 atom stereocenters. The zero-order chi connectivity index (χ0) is 19.2. The average molecular weight is 365 g/mol. The van der Waals surface area contributed by atoms with Gasteiger partial charge in [-0.3, -0.25) is 0 Å². The number of aromatic nitrogens is 3. The van der Waals surface area contributed by atoms with Crippen molar-refractivity contribution < 1.29 is 14.2 Å². The van der Waals surface area contributed by atoms with Crippen LogP contribution in [-0.2, 0) is 0 Å². The molecule has 0 aliphatic heterocycles. The van der Waals surface area contributed by atoms with Gasteiger partial charge in [0.05, 0.1) is 21.3 Å². The van der Waals surface area contributed by atoms with Crippen molar-refractivity contribution in [1.29, 1.82) is 0 Å². The molecule has 0 amide bonds. The lowest BCUT2D eigenvalue weighted by Gasteiger charge is -2.14. The van der Waals surface area contributed by atoms with Crippen LogP contribution in [0.2, 0.25) is 0 Å². The lowest BCUT2D eigenvalue weighted by atomic mass is 9.96. The van der Waals surface area contributed by atoms with Crippen molar-refractivity contribution in [2.75, 3.05) is 32.0 Å². The molecule has 0 bridgehead atoms. The maximum atomic E-state index is 5.36. The Morgan fingerprint density at radius 3 is 1.85 bits per heavy atom. The summed E-state index contributed by atoms with van der Waals surface area (Å²) in [6.07, 6.45) is 1.43. The van der Waals surface area contributed by atoms with Crippen LogP contribution in [0.4, 0.5) is 23.3 Å². The molecule has 0 aliphatic carbocycles. The molecule has 1 aromatic heterocycles. The predicted octanol–water partition coefficient (Wildman–Crippen LogP) is 1.64. The zero-order valence-electron chi connectivity index (χ0n) is 15.6. The molecule has 0 spiro atoms. The quantitative estimate of drug-likeness (QED) is 0.611. The van der Waals surface area contributed by atoms with Crippen LogP contribution < -0.4 is 30.3 Å². The minimum atomic E-state index is 0.383. The Morgan fingerprint density at radius 2 is 1.33 bits per heavy atom. The van der Waals surface area contributed by atoms with E-state index in [1.807, 2.05) is 32.1 Å². The van der Waals surface area contributed by atoms with Crippen LogP contribution in [0.5, 0.6) is 17.2 Å². The van der Waals surface area contributed by atoms with Crippen LogP contribution in [0.25, 0.3) is 0 Å². The Hall–Kier alpha value is -3.49. The monoisotopic (exact) mass is 365 g/mol. The first-order valence-corrected chi connectivity index (χ1v) is 8.22. The minimum Gasteiger partial charge on any atom is -0.493 e. The van der Waals surface area contributed by atoms with Crippen LogP contribution in [0, 0.1) is 0 Å². The number of nitrogens with one attached hydrogen (secondary N) is 2. The molecule has 2 N–H and O–H groups in total. The normalized spacial score (nSPS) is 10.2. The van der Waals surface area contributed by atoms with Crippen molar-refractivity contribution in [2.24, 2.45) is 0 Å². The Bertz CT molecular complexity index is 896. The summed E-state index contributed by atoms with van der Waals surface area (Å²) in [4.78, 5) is 12.7. The highest BCUT2D eigenvalue weighted by atomic mass is 16.5. The van der Waals surface area contributed by atoms with Gasteiger partial charge in [-0.15, -0.1) is 0 Å². The Labute approximate surface area is 158 Å². The van der Waals surface area contributed by atoms with E-state index in [1.165, 1.54) is 11.8 Å². The van der Waals surface area contributed by atoms with Gasteiger partial charge in [-0.1, -0.05) is 17.6 Å². The number of hydrogen-bond donors (Lipinski definition) is 2. The summed E-state index contributed by atoms with van der Waals surface area (Å²) in [6, 6.07) is 11.5. The van der Waals surface area contributed by atoms with Gasteiger partial charge in [-0.2, -0.15) is 4.98 Å². The first-order chi connectivity index (χ1) is 13.1. The summed E-state index contributed by atoms with van der Waals surface area (Å²) >= 11 is 0. The van der Waals surface area contributed by atoms with E-state index in [9.17, 15) is 0 Å². The number of nitrogens with zero attached hydrogens (tertiary/aromatic N) is 3. The van der Waals surface area contributed by atoms with E-state index in [2.05, 4.69) is 25.6 Å². The van der Waals surface area contributed by atoms with Crippen molar-refractivity contribution in [2.45, 2.75) is 0 Å². The van der Waals surface area contributed by atoms with E-state index in [0.29, 0.717) is 34.8 Å². The molecule has 0 unspecified atom stereocenters. The van der Waals surface area contributed by atoms with Gasteiger partial charge < -0.3 is 24.8 Å². The molecule has 2 aromatic carbocycles. The smallest absolute Gasteiger partial charge is 0.232 e. The fourth-order valence-corrected chi connectivity index (χ4v) is 2.47. The molecule has 0 aliphatic rings. The molecule has 1 heterocycles.